The van der Waals surface area contributed by atoms with Gasteiger partial charge in [0.2, 0.25) is 0 Å². The van der Waals surface area contributed by atoms with Gasteiger partial charge in [0.15, 0.2) is 17.1 Å². The Hall–Kier alpha value is -1.36. The summed E-state index contributed by atoms with van der Waals surface area (Å²) in [5, 5.41) is 1.94. The highest BCUT2D eigenvalue weighted by Crippen LogP contribution is 2.28. The maximum Gasteiger partial charge on any atom is 0.196 e. The first kappa shape index (κ1) is 8.91. The van der Waals surface area contributed by atoms with E-state index in [1.165, 1.54) is 0 Å². The molecular weight excluding hydrogens is 210 g/mol. The molecule has 0 unspecified atom stereocenters. The third-order valence-electron chi connectivity index (χ3n) is 2.75. The van der Waals surface area contributed by atoms with Gasteiger partial charge in [-0.05, 0) is 5.92 Å². The van der Waals surface area contributed by atoms with Gasteiger partial charge in [-0.15, -0.1) is 11.3 Å². The Kier molecular flexibility index (Phi) is 1.82. The van der Waals surface area contributed by atoms with E-state index in [-0.39, 0.29) is 0 Å². The molecule has 2 aromatic heterocycles. The number of rotatable bonds is 2. The number of thiazole rings is 1. The van der Waals surface area contributed by atoms with E-state index < -0.39 is 0 Å². The number of imidazole rings is 1. The predicted octanol–water partition coefficient (Wildman–Crippen LogP) is 1.66. The monoisotopic (exact) mass is 221 g/mol. The van der Waals surface area contributed by atoms with Gasteiger partial charge in [0.25, 0.3) is 0 Å². The standard InChI is InChI=1S/C10H11N3OS/c1-7-4-12(5-7)9-8(6-14)13-2-3-15-10(13)11-9/h2-3,6-7H,4-5H2,1H3. The average molecular weight is 221 g/mol. The Morgan fingerprint density at radius 3 is 3.07 bits per heavy atom. The molecule has 0 aliphatic carbocycles. The molecular formula is C10H11N3OS. The first-order valence-electron chi connectivity index (χ1n) is 4.95. The number of aromatic nitrogens is 2. The number of hydrogen-bond donors (Lipinski definition) is 0. The van der Waals surface area contributed by atoms with Gasteiger partial charge in [-0.2, -0.15) is 0 Å². The highest BCUT2D eigenvalue weighted by atomic mass is 32.1. The van der Waals surface area contributed by atoms with E-state index in [0.29, 0.717) is 11.6 Å². The Morgan fingerprint density at radius 1 is 1.60 bits per heavy atom. The highest BCUT2D eigenvalue weighted by Gasteiger charge is 2.27. The van der Waals surface area contributed by atoms with Gasteiger partial charge < -0.3 is 4.90 Å². The molecule has 0 N–H and O–H groups in total. The van der Waals surface area contributed by atoms with Crippen LogP contribution in [0.5, 0.6) is 0 Å². The van der Waals surface area contributed by atoms with E-state index in [9.17, 15) is 4.79 Å². The van der Waals surface area contributed by atoms with Gasteiger partial charge in [0.1, 0.15) is 5.69 Å². The number of anilines is 1. The first-order valence-corrected chi connectivity index (χ1v) is 5.83. The summed E-state index contributed by atoms with van der Waals surface area (Å²) in [6.07, 6.45) is 2.79. The van der Waals surface area contributed by atoms with Crippen molar-refractivity contribution < 1.29 is 4.79 Å². The summed E-state index contributed by atoms with van der Waals surface area (Å²) in [7, 11) is 0. The van der Waals surface area contributed by atoms with E-state index in [1.54, 1.807) is 11.3 Å². The lowest BCUT2D eigenvalue weighted by Gasteiger charge is -2.37. The molecule has 15 heavy (non-hydrogen) atoms. The van der Waals surface area contributed by atoms with Gasteiger partial charge in [-0.1, -0.05) is 6.92 Å². The maximum atomic E-state index is 11.0. The third kappa shape index (κ3) is 1.19. The number of carbonyl (C=O) groups is 1. The topological polar surface area (TPSA) is 37.6 Å². The molecule has 1 aliphatic rings. The molecule has 0 spiro atoms. The van der Waals surface area contributed by atoms with Crippen molar-refractivity contribution in [3.05, 3.63) is 17.3 Å². The number of aldehydes is 1. The average Bonchev–Trinajstić information content (AvgIpc) is 2.71. The van der Waals surface area contributed by atoms with Gasteiger partial charge in [0.05, 0.1) is 0 Å². The van der Waals surface area contributed by atoms with Crippen molar-refractivity contribution in [3.63, 3.8) is 0 Å². The van der Waals surface area contributed by atoms with Crippen LogP contribution in [-0.2, 0) is 0 Å². The van der Waals surface area contributed by atoms with Crippen molar-refractivity contribution in [1.29, 1.82) is 0 Å². The van der Waals surface area contributed by atoms with E-state index in [4.69, 9.17) is 0 Å². The fourth-order valence-electron chi connectivity index (χ4n) is 2.01. The molecule has 3 heterocycles. The van der Waals surface area contributed by atoms with Gasteiger partial charge in [-0.25, -0.2) is 4.98 Å². The summed E-state index contributed by atoms with van der Waals surface area (Å²) in [6, 6.07) is 0. The Balaban J connectivity index is 2.09. The summed E-state index contributed by atoms with van der Waals surface area (Å²) in [6.45, 7) is 4.22. The second-order valence-corrected chi connectivity index (χ2v) is 4.88. The summed E-state index contributed by atoms with van der Waals surface area (Å²) < 4.78 is 1.86. The fourth-order valence-corrected chi connectivity index (χ4v) is 2.72. The van der Waals surface area contributed by atoms with Crippen molar-refractivity contribution in [3.8, 4) is 0 Å². The second-order valence-electron chi connectivity index (χ2n) is 4.00. The van der Waals surface area contributed by atoms with Gasteiger partial charge in [-0.3, -0.25) is 9.20 Å². The molecule has 0 aromatic carbocycles. The van der Waals surface area contributed by atoms with Crippen LogP contribution in [0.15, 0.2) is 11.6 Å². The SMILES string of the molecule is CC1CN(c2nc3sccn3c2C=O)C1. The van der Waals surface area contributed by atoms with Crippen molar-refractivity contribution in [2.45, 2.75) is 6.92 Å². The lowest BCUT2D eigenvalue weighted by atomic mass is 10.0. The molecule has 1 fully saturated rings. The summed E-state index contributed by atoms with van der Waals surface area (Å²) in [4.78, 5) is 18.6. The first-order chi connectivity index (χ1) is 7.29. The van der Waals surface area contributed by atoms with Crippen LogP contribution in [0.3, 0.4) is 0 Å². The molecule has 5 heteroatoms. The molecule has 3 rings (SSSR count). The summed E-state index contributed by atoms with van der Waals surface area (Å²) >= 11 is 1.56. The minimum absolute atomic E-state index is 0.679. The molecule has 78 valence electrons. The van der Waals surface area contributed by atoms with Crippen molar-refractivity contribution in [2.24, 2.45) is 5.92 Å². The zero-order chi connectivity index (χ0) is 10.4. The highest BCUT2D eigenvalue weighted by molar-refractivity contribution is 7.15. The third-order valence-corrected chi connectivity index (χ3v) is 3.51. The van der Waals surface area contributed by atoms with Crippen LogP contribution < -0.4 is 4.90 Å². The fraction of sp³-hybridized carbons (Fsp3) is 0.400. The molecule has 1 aliphatic heterocycles. The number of hydrogen-bond acceptors (Lipinski definition) is 4. The quantitative estimate of drug-likeness (QED) is 0.724. The van der Waals surface area contributed by atoms with Crippen molar-refractivity contribution in [1.82, 2.24) is 9.38 Å². The van der Waals surface area contributed by atoms with Gasteiger partial charge >= 0.3 is 0 Å². The number of carbonyl (C=O) groups excluding carboxylic acids is 1. The lowest BCUT2D eigenvalue weighted by Crippen LogP contribution is -2.45. The smallest absolute Gasteiger partial charge is 0.196 e. The molecule has 0 bridgehead atoms. The normalized spacial score (nSPS) is 17.0. The lowest BCUT2D eigenvalue weighted by molar-refractivity contribution is 0.111. The van der Waals surface area contributed by atoms with E-state index in [1.807, 2.05) is 16.0 Å². The van der Waals surface area contributed by atoms with Crippen LogP contribution in [0.1, 0.15) is 17.4 Å². The zero-order valence-corrected chi connectivity index (χ0v) is 9.20. The van der Waals surface area contributed by atoms with E-state index >= 15 is 0 Å². The Bertz CT molecular complexity index is 510. The summed E-state index contributed by atoms with van der Waals surface area (Å²) in [5.41, 5.74) is 0.679. The molecule has 0 radical (unpaired) electrons. The van der Waals surface area contributed by atoms with Crippen LogP contribution in [-0.4, -0.2) is 28.8 Å². The second kappa shape index (κ2) is 3.06. The van der Waals surface area contributed by atoms with Crippen LogP contribution >= 0.6 is 11.3 Å². The minimum Gasteiger partial charge on any atom is -0.354 e. The van der Waals surface area contributed by atoms with Gasteiger partial charge in [0, 0.05) is 24.7 Å². The van der Waals surface area contributed by atoms with E-state index in [0.717, 1.165) is 30.2 Å². The number of nitrogens with zero attached hydrogens (tertiary/aromatic N) is 3. The number of fused-ring (bicyclic) bond motifs is 1. The molecule has 1 saturated heterocycles. The maximum absolute atomic E-state index is 11.0. The largest absolute Gasteiger partial charge is 0.354 e. The Labute approximate surface area is 91.1 Å². The molecule has 2 aromatic rings. The van der Waals surface area contributed by atoms with Crippen LogP contribution in [0.25, 0.3) is 4.96 Å². The molecule has 4 nitrogen and oxygen atoms in total. The predicted molar refractivity (Wildman–Crippen MR) is 59.8 cm³/mol. The molecule has 0 atom stereocenters. The molecule has 0 saturated carbocycles. The van der Waals surface area contributed by atoms with Crippen LogP contribution in [0, 0.1) is 5.92 Å². The van der Waals surface area contributed by atoms with Crippen molar-refractivity contribution in [2.75, 3.05) is 18.0 Å². The van der Waals surface area contributed by atoms with Crippen LogP contribution in [0.4, 0.5) is 5.82 Å². The zero-order valence-electron chi connectivity index (χ0n) is 8.38. The van der Waals surface area contributed by atoms with E-state index in [2.05, 4.69) is 16.8 Å². The van der Waals surface area contributed by atoms with Crippen molar-refractivity contribution >= 4 is 28.4 Å². The van der Waals surface area contributed by atoms with Crippen LogP contribution in [0.2, 0.25) is 0 Å². The minimum atomic E-state index is 0.679. The Morgan fingerprint density at radius 2 is 2.40 bits per heavy atom. The molecule has 0 amide bonds. The summed E-state index contributed by atoms with van der Waals surface area (Å²) in [5.74, 6) is 1.55.